The molecule has 2 saturated carbocycles. The molecule has 1 aromatic heterocycles. The molecule has 5 unspecified atom stereocenters. The molecule has 194 valence electrons. The van der Waals surface area contributed by atoms with Crippen molar-refractivity contribution in [2.45, 2.75) is 58.4 Å². The summed E-state index contributed by atoms with van der Waals surface area (Å²) in [6, 6.07) is 9.86. The third-order valence-electron chi connectivity index (χ3n) is 10.4. The fourth-order valence-corrected chi connectivity index (χ4v) is 8.39. The number of carbonyl (C=O) groups excluding carboxylic acids is 2. The fourth-order valence-electron chi connectivity index (χ4n) is 8.39. The molecule has 2 N–H and O–H groups in total. The highest BCUT2D eigenvalue weighted by atomic mass is 19.1. The highest BCUT2D eigenvalue weighted by Gasteiger charge is 2.60. The molecule has 6 heteroatoms. The largest absolute Gasteiger partial charge is 0.387 e. The zero-order chi connectivity index (χ0) is 25.8. The number of piperidine rings is 1. The highest BCUT2D eigenvalue weighted by molar-refractivity contribution is 5.91. The summed E-state index contributed by atoms with van der Waals surface area (Å²) in [6.07, 6.45) is 10.9. The minimum absolute atomic E-state index is 0.0352. The van der Waals surface area contributed by atoms with Gasteiger partial charge in [0.25, 0.3) is 0 Å². The van der Waals surface area contributed by atoms with Gasteiger partial charge in [-0.15, -0.1) is 0 Å². The number of carbonyl (C=O) groups is 2. The smallest absolute Gasteiger partial charge is 0.224 e. The number of nitrogens with zero attached hydrogens (tertiary/aromatic N) is 1. The lowest BCUT2D eigenvalue weighted by molar-refractivity contribution is -0.133. The van der Waals surface area contributed by atoms with Crippen LogP contribution >= 0.6 is 0 Å². The Morgan fingerprint density at radius 2 is 1.76 bits per heavy atom. The summed E-state index contributed by atoms with van der Waals surface area (Å²) >= 11 is 0. The van der Waals surface area contributed by atoms with Gasteiger partial charge in [0.05, 0.1) is 6.04 Å². The van der Waals surface area contributed by atoms with Gasteiger partial charge in [0.15, 0.2) is 5.78 Å². The van der Waals surface area contributed by atoms with Crippen LogP contribution in [0, 0.1) is 40.3 Å². The zero-order valence-electron chi connectivity index (χ0n) is 21.7. The molecule has 6 rings (SSSR count). The average molecular weight is 502 g/mol. The molecule has 0 bridgehead atoms. The van der Waals surface area contributed by atoms with Gasteiger partial charge in [0.1, 0.15) is 5.82 Å². The number of aromatic nitrogens is 1. The normalized spacial score (nSPS) is 35.3. The lowest BCUT2D eigenvalue weighted by Gasteiger charge is -2.58. The predicted molar refractivity (Wildman–Crippen MR) is 140 cm³/mol. The number of benzene rings is 1. The molecule has 1 aromatic carbocycles. The SMILES string of the molecule is C[C@]12CCC3C(CNC4=CC(=O)CC[C@@]43C)C1CCC2C(=O)NC(c1ccncc1)c1ccc(F)cc1. The van der Waals surface area contributed by atoms with Crippen molar-refractivity contribution in [1.82, 2.24) is 15.6 Å². The van der Waals surface area contributed by atoms with Crippen LogP contribution in [0.3, 0.4) is 0 Å². The van der Waals surface area contributed by atoms with E-state index in [2.05, 4.69) is 29.5 Å². The van der Waals surface area contributed by atoms with Crippen LogP contribution in [0.2, 0.25) is 0 Å². The molecule has 5 nitrogen and oxygen atoms in total. The molecule has 2 heterocycles. The number of halogens is 1. The standard InChI is InChI=1S/C31H36FN3O2/c1-30-14-10-25-23(18-34-27-17-22(36)9-13-31(25,27)2)24(30)7-8-26(30)29(37)35-28(20-11-15-33-16-12-20)19-3-5-21(32)6-4-19/h3-6,11-12,15-17,23-26,28,34H,7-10,13-14,18H2,1-2H3,(H,35,37)/t23?,24?,25?,26?,28?,30-,31+/m0/s1. The summed E-state index contributed by atoms with van der Waals surface area (Å²) in [5, 5.41) is 7.00. The lowest BCUT2D eigenvalue weighted by atomic mass is 9.50. The van der Waals surface area contributed by atoms with Gasteiger partial charge in [-0.2, -0.15) is 0 Å². The van der Waals surface area contributed by atoms with E-state index >= 15 is 0 Å². The number of nitrogens with one attached hydrogen (secondary N) is 2. The van der Waals surface area contributed by atoms with E-state index in [1.54, 1.807) is 24.5 Å². The third kappa shape index (κ3) is 4.00. The Bertz CT molecular complexity index is 1230. The number of rotatable bonds is 4. The van der Waals surface area contributed by atoms with Crippen LogP contribution in [0.4, 0.5) is 4.39 Å². The number of amides is 1. The van der Waals surface area contributed by atoms with Crippen LogP contribution in [-0.4, -0.2) is 23.2 Å². The number of hydrogen-bond acceptors (Lipinski definition) is 4. The Morgan fingerprint density at radius 3 is 2.51 bits per heavy atom. The molecule has 37 heavy (non-hydrogen) atoms. The first-order valence-electron chi connectivity index (χ1n) is 13.7. The van der Waals surface area contributed by atoms with Crippen LogP contribution in [0.25, 0.3) is 0 Å². The molecule has 3 aliphatic carbocycles. The Labute approximate surface area is 218 Å². The molecule has 7 atom stereocenters. The van der Waals surface area contributed by atoms with Crippen molar-refractivity contribution >= 4 is 11.7 Å². The second-order valence-corrected chi connectivity index (χ2v) is 12.1. The first-order chi connectivity index (χ1) is 17.8. The van der Waals surface area contributed by atoms with Crippen LogP contribution in [0.1, 0.15) is 69.5 Å². The summed E-state index contributed by atoms with van der Waals surface area (Å²) in [5.74, 6) is 1.53. The number of allylic oxidation sites excluding steroid dienone is 2. The van der Waals surface area contributed by atoms with Crippen molar-refractivity contribution in [3.63, 3.8) is 0 Å². The first-order valence-corrected chi connectivity index (χ1v) is 13.7. The number of pyridine rings is 1. The summed E-state index contributed by atoms with van der Waals surface area (Å²) in [7, 11) is 0. The highest BCUT2D eigenvalue weighted by Crippen LogP contribution is 2.64. The van der Waals surface area contributed by atoms with Gasteiger partial charge >= 0.3 is 0 Å². The Kier molecular flexibility index (Phi) is 5.96. The van der Waals surface area contributed by atoms with E-state index in [-0.39, 0.29) is 40.3 Å². The molecular weight excluding hydrogens is 465 g/mol. The molecule has 1 aliphatic heterocycles. The van der Waals surface area contributed by atoms with Crippen molar-refractivity contribution < 1.29 is 14.0 Å². The van der Waals surface area contributed by atoms with Gasteiger partial charge in [-0.1, -0.05) is 26.0 Å². The van der Waals surface area contributed by atoms with Gasteiger partial charge in [-0.25, -0.2) is 4.39 Å². The van der Waals surface area contributed by atoms with E-state index < -0.39 is 0 Å². The van der Waals surface area contributed by atoms with Crippen LogP contribution in [0.15, 0.2) is 60.6 Å². The predicted octanol–water partition coefficient (Wildman–Crippen LogP) is 5.34. The number of ketones is 1. The maximum atomic E-state index is 14.0. The Balaban J connectivity index is 1.25. The Hall–Kier alpha value is -3.02. The van der Waals surface area contributed by atoms with Gasteiger partial charge in [0, 0.05) is 48.5 Å². The minimum Gasteiger partial charge on any atom is -0.387 e. The van der Waals surface area contributed by atoms with Crippen molar-refractivity contribution in [3.05, 3.63) is 77.5 Å². The summed E-state index contributed by atoms with van der Waals surface area (Å²) in [5.41, 5.74) is 2.92. The topological polar surface area (TPSA) is 71.1 Å². The monoisotopic (exact) mass is 501 g/mol. The van der Waals surface area contributed by atoms with Gasteiger partial charge in [0.2, 0.25) is 5.91 Å². The molecule has 3 fully saturated rings. The van der Waals surface area contributed by atoms with Gasteiger partial charge in [-0.05, 0) is 90.7 Å². The van der Waals surface area contributed by atoms with Gasteiger partial charge in [-0.3, -0.25) is 14.6 Å². The van der Waals surface area contributed by atoms with E-state index in [4.69, 9.17) is 0 Å². The zero-order valence-corrected chi connectivity index (χ0v) is 21.7. The third-order valence-corrected chi connectivity index (χ3v) is 10.4. The van der Waals surface area contributed by atoms with Crippen molar-refractivity contribution in [3.8, 4) is 0 Å². The van der Waals surface area contributed by atoms with Crippen LogP contribution in [0.5, 0.6) is 0 Å². The molecule has 1 saturated heterocycles. The minimum atomic E-state index is -0.349. The van der Waals surface area contributed by atoms with E-state index in [0.29, 0.717) is 24.2 Å². The van der Waals surface area contributed by atoms with E-state index in [9.17, 15) is 14.0 Å². The van der Waals surface area contributed by atoms with E-state index in [1.165, 1.54) is 12.1 Å². The summed E-state index contributed by atoms with van der Waals surface area (Å²) < 4.78 is 13.7. The fraction of sp³-hybridized carbons (Fsp3) is 0.516. The second kappa shape index (κ2) is 9.07. The van der Waals surface area contributed by atoms with E-state index in [0.717, 1.165) is 55.5 Å². The number of hydrogen-bond donors (Lipinski definition) is 2. The lowest BCUT2D eigenvalue weighted by Crippen LogP contribution is -2.57. The van der Waals surface area contributed by atoms with Crippen LogP contribution < -0.4 is 10.6 Å². The maximum Gasteiger partial charge on any atom is 0.224 e. The molecular formula is C31H36FN3O2. The van der Waals surface area contributed by atoms with Crippen molar-refractivity contribution in [2.75, 3.05) is 6.54 Å². The quantitative estimate of drug-likeness (QED) is 0.593. The average Bonchev–Trinajstić information content (AvgIpc) is 3.26. The molecule has 2 aromatic rings. The maximum absolute atomic E-state index is 14.0. The first kappa shape index (κ1) is 24.3. The molecule has 1 amide bonds. The number of fused-ring (bicyclic) bond motifs is 5. The van der Waals surface area contributed by atoms with Crippen molar-refractivity contribution in [2.24, 2.45) is 34.5 Å². The molecule has 0 radical (unpaired) electrons. The van der Waals surface area contributed by atoms with Crippen molar-refractivity contribution in [1.29, 1.82) is 0 Å². The van der Waals surface area contributed by atoms with Crippen LogP contribution in [-0.2, 0) is 9.59 Å². The van der Waals surface area contributed by atoms with E-state index in [1.807, 2.05) is 18.2 Å². The Morgan fingerprint density at radius 1 is 1.03 bits per heavy atom. The molecule has 4 aliphatic rings. The summed E-state index contributed by atoms with van der Waals surface area (Å²) in [6.45, 7) is 5.57. The second-order valence-electron chi connectivity index (χ2n) is 12.1. The van der Waals surface area contributed by atoms with Gasteiger partial charge < -0.3 is 10.6 Å². The molecule has 0 spiro atoms. The summed E-state index contributed by atoms with van der Waals surface area (Å²) in [4.78, 5) is 30.2.